The van der Waals surface area contributed by atoms with Crippen LogP contribution in [0, 0.1) is 0 Å². The first-order valence-electron chi connectivity index (χ1n) is 7.31. The van der Waals surface area contributed by atoms with Crippen molar-refractivity contribution in [3.8, 4) is 11.5 Å². The van der Waals surface area contributed by atoms with Gasteiger partial charge in [0.25, 0.3) is 0 Å². The summed E-state index contributed by atoms with van der Waals surface area (Å²) in [7, 11) is 0. The van der Waals surface area contributed by atoms with E-state index in [9.17, 15) is 0 Å². The molecule has 1 aromatic carbocycles. The number of thiophene rings is 1. The van der Waals surface area contributed by atoms with Crippen molar-refractivity contribution in [2.45, 2.75) is 6.54 Å². The third-order valence-electron chi connectivity index (χ3n) is 3.46. The summed E-state index contributed by atoms with van der Waals surface area (Å²) in [5, 5.41) is 4.29. The van der Waals surface area contributed by atoms with Gasteiger partial charge in [0.2, 0.25) is 0 Å². The minimum Gasteiger partial charge on any atom is -0.365 e. The Kier molecular flexibility index (Phi) is 4.06. The normalized spacial score (nSPS) is 10.9. The number of fused-ring (bicyclic) bond motifs is 1. The average Bonchev–Trinajstić information content (AvgIpc) is 3.01. The van der Waals surface area contributed by atoms with Crippen molar-refractivity contribution < 1.29 is 0 Å². The molecule has 4 rings (SSSR count). The van der Waals surface area contributed by atoms with E-state index in [0.717, 1.165) is 16.0 Å². The zero-order chi connectivity index (χ0) is 16.4. The number of halogens is 1. The topological polar surface area (TPSA) is 63.6 Å². The monoisotopic (exact) mass is 353 g/mol. The van der Waals surface area contributed by atoms with Crippen LogP contribution in [0.1, 0.15) is 5.56 Å². The van der Waals surface area contributed by atoms with Crippen LogP contribution in [0.4, 0.5) is 5.82 Å². The van der Waals surface area contributed by atoms with E-state index in [-0.39, 0.29) is 0 Å². The molecule has 0 saturated heterocycles. The Morgan fingerprint density at radius 1 is 1.08 bits per heavy atom. The van der Waals surface area contributed by atoms with Gasteiger partial charge in [-0.05, 0) is 11.6 Å². The molecule has 0 aliphatic rings. The number of benzene rings is 1. The first-order chi connectivity index (χ1) is 11.8. The molecule has 0 saturated carbocycles. The third-order valence-corrected chi connectivity index (χ3v) is 4.62. The zero-order valence-corrected chi connectivity index (χ0v) is 14.1. The van der Waals surface area contributed by atoms with Crippen LogP contribution < -0.4 is 5.32 Å². The predicted molar refractivity (Wildman–Crippen MR) is 97.2 cm³/mol. The molecular formula is C17H12ClN5S. The van der Waals surface area contributed by atoms with Crippen LogP contribution in [0.5, 0.6) is 0 Å². The maximum atomic E-state index is 6.17. The average molecular weight is 354 g/mol. The van der Waals surface area contributed by atoms with Crippen LogP contribution >= 0.6 is 22.9 Å². The third kappa shape index (κ3) is 3.06. The van der Waals surface area contributed by atoms with Crippen LogP contribution in [0.3, 0.4) is 0 Å². The molecule has 1 N–H and O–H groups in total. The van der Waals surface area contributed by atoms with Gasteiger partial charge in [0.1, 0.15) is 16.3 Å². The van der Waals surface area contributed by atoms with Crippen molar-refractivity contribution in [2.24, 2.45) is 0 Å². The molecule has 24 heavy (non-hydrogen) atoms. The van der Waals surface area contributed by atoms with Gasteiger partial charge in [0.15, 0.2) is 5.82 Å². The summed E-state index contributed by atoms with van der Waals surface area (Å²) in [5.74, 6) is 1.28. The van der Waals surface area contributed by atoms with E-state index in [1.807, 2.05) is 24.3 Å². The molecule has 0 spiro atoms. The van der Waals surface area contributed by atoms with Crippen molar-refractivity contribution in [1.82, 2.24) is 19.9 Å². The molecule has 3 heterocycles. The van der Waals surface area contributed by atoms with Crippen LogP contribution in [0.15, 0.2) is 55.0 Å². The van der Waals surface area contributed by atoms with Crippen molar-refractivity contribution in [3.05, 3.63) is 64.9 Å². The van der Waals surface area contributed by atoms with E-state index < -0.39 is 0 Å². The first kappa shape index (κ1) is 15.0. The molecule has 5 nitrogen and oxygen atoms in total. The standard InChI is InChI=1S/C17H12ClN5S/c18-14-8-12-15(21-9-11-4-2-1-3-5-11)22-16(23-17(12)24-14)13-10-19-6-7-20-13/h1-8,10H,9H2,(H,21,22,23). The van der Waals surface area contributed by atoms with Gasteiger partial charge in [0.05, 0.1) is 15.9 Å². The molecule has 4 aromatic rings. The largest absolute Gasteiger partial charge is 0.365 e. The summed E-state index contributed by atoms with van der Waals surface area (Å²) in [6.45, 7) is 0.667. The fraction of sp³-hybridized carbons (Fsp3) is 0.0588. The SMILES string of the molecule is Clc1cc2c(NCc3ccccc3)nc(-c3cnccn3)nc2s1. The van der Waals surface area contributed by atoms with E-state index in [0.29, 0.717) is 22.4 Å². The number of rotatable bonds is 4. The van der Waals surface area contributed by atoms with Crippen molar-refractivity contribution in [1.29, 1.82) is 0 Å². The maximum absolute atomic E-state index is 6.17. The molecule has 0 aliphatic carbocycles. The van der Waals surface area contributed by atoms with Gasteiger partial charge in [-0.3, -0.25) is 4.98 Å². The molecule has 0 fully saturated rings. The molecule has 7 heteroatoms. The lowest BCUT2D eigenvalue weighted by Gasteiger charge is -2.08. The molecule has 0 radical (unpaired) electrons. The van der Waals surface area contributed by atoms with Gasteiger partial charge < -0.3 is 5.32 Å². The Morgan fingerprint density at radius 3 is 2.75 bits per heavy atom. The highest BCUT2D eigenvalue weighted by atomic mass is 35.5. The molecule has 0 amide bonds. The van der Waals surface area contributed by atoms with Gasteiger partial charge in [-0.1, -0.05) is 41.9 Å². The number of nitrogens with one attached hydrogen (secondary N) is 1. The number of hydrogen-bond donors (Lipinski definition) is 1. The minimum atomic E-state index is 0.532. The molecule has 0 bridgehead atoms. The van der Waals surface area contributed by atoms with Gasteiger partial charge in [-0.2, -0.15) is 0 Å². The Balaban J connectivity index is 1.75. The Labute approximate surface area is 147 Å². The Bertz CT molecular complexity index is 972. The van der Waals surface area contributed by atoms with Crippen LogP contribution in [0.2, 0.25) is 4.34 Å². The Morgan fingerprint density at radius 2 is 1.96 bits per heavy atom. The predicted octanol–water partition coefficient (Wildman–Crippen LogP) is 4.41. The van der Waals surface area contributed by atoms with Gasteiger partial charge in [-0.15, -0.1) is 11.3 Å². The number of nitrogens with zero attached hydrogens (tertiary/aromatic N) is 4. The molecule has 0 aliphatic heterocycles. The van der Waals surface area contributed by atoms with E-state index in [2.05, 4.69) is 37.4 Å². The summed E-state index contributed by atoms with van der Waals surface area (Å²) in [6.07, 6.45) is 4.90. The second kappa shape index (κ2) is 6.51. The molecule has 0 atom stereocenters. The minimum absolute atomic E-state index is 0.532. The van der Waals surface area contributed by atoms with E-state index in [1.165, 1.54) is 16.9 Å². The Hall–Kier alpha value is -2.57. The second-order valence-corrected chi connectivity index (χ2v) is 6.76. The van der Waals surface area contributed by atoms with E-state index in [1.54, 1.807) is 18.6 Å². The number of aromatic nitrogens is 4. The highest BCUT2D eigenvalue weighted by Crippen LogP contribution is 2.33. The maximum Gasteiger partial charge on any atom is 0.183 e. The second-order valence-electron chi connectivity index (χ2n) is 5.09. The summed E-state index contributed by atoms with van der Waals surface area (Å²) >= 11 is 7.59. The number of anilines is 1. The van der Waals surface area contributed by atoms with Crippen molar-refractivity contribution in [3.63, 3.8) is 0 Å². The highest BCUT2D eigenvalue weighted by Gasteiger charge is 2.13. The first-order valence-corrected chi connectivity index (χ1v) is 8.50. The van der Waals surface area contributed by atoms with Crippen LogP contribution in [0.25, 0.3) is 21.7 Å². The summed E-state index contributed by atoms with van der Waals surface area (Å²) < 4.78 is 0.679. The molecule has 118 valence electrons. The number of hydrogen-bond acceptors (Lipinski definition) is 6. The van der Waals surface area contributed by atoms with E-state index >= 15 is 0 Å². The fourth-order valence-electron chi connectivity index (χ4n) is 2.34. The van der Waals surface area contributed by atoms with Gasteiger partial charge in [-0.25, -0.2) is 15.0 Å². The fourth-order valence-corrected chi connectivity index (χ4v) is 3.43. The smallest absolute Gasteiger partial charge is 0.183 e. The quantitative estimate of drug-likeness (QED) is 0.588. The van der Waals surface area contributed by atoms with Gasteiger partial charge in [0, 0.05) is 18.9 Å². The van der Waals surface area contributed by atoms with Crippen LogP contribution in [-0.2, 0) is 6.54 Å². The van der Waals surface area contributed by atoms with Gasteiger partial charge >= 0.3 is 0 Å². The lowest BCUT2D eigenvalue weighted by molar-refractivity contribution is 1.09. The molecule has 0 unspecified atom stereocenters. The van der Waals surface area contributed by atoms with Crippen LogP contribution in [-0.4, -0.2) is 19.9 Å². The summed E-state index contributed by atoms with van der Waals surface area (Å²) in [5.41, 5.74) is 1.80. The van der Waals surface area contributed by atoms with Crippen molar-refractivity contribution >= 4 is 39.0 Å². The summed E-state index contributed by atoms with van der Waals surface area (Å²) in [4.78, 5) is 18.4. The van der Waals surface area contributed by atoms with E-state index in [4.69, 9.17) is 11.6 Å². The lowest BCUT2D eigenvalue weighted by Crippen LogP contribution is -2.03. The molecular weight excluding hydrogens is 342 g/mol. The summed E-state index contributed by atoms with van der Waals surface area (Å²) in [6, 6.07) is 12.0. The van der Waals surface area contributed by atoms with Crippen molar-refractivity contribution in [2.75, 3.05) is 5.32 Å². The zero-order valence-electron chi connectivity index (χ0n) is 12.5. The highest BCUT2D eigenvalue weighted by molar-refractivity contribution is 7.22. The molecule has 3 aromatic heterocycles. The lowest BCUT2D eigenvalue weighted by atomic mass is 10.2.